The smallest absolute Gasteiger partial charge is 0.324 e. The van der Waals surface area contributed by atoms with Crippen molar-refractivity contribution < 1.29 is 18.9 Å². The van der Waals surface area contributed by atoms with E-state index >= 15 is 0 Å². The molecule has 0 spiro atoms. The van der Waals surface area contributed by atoms with E-state index in [0.717, 1.165) is 5.56 Å². The van der Waals surface area contributed by atoms with Gasteiger partial charge in [0, 0.05) is 6.16 Å². The molecule has 14 heavy (non-hydrogen) atoms. The fourth-order valence-corrected chi connectivity index (χ4v) is 1.40. The average Bonchev–Trinajstić information content (AvgIpc) is 2.18. The van der Waals surface area contributed by atoms with E-state index in [1.807, 2.05) is 30.3 Å². The molecule has 0 fully saturated rings. The van der Waals surface area contributed by atoms with Crippen molar-refractivity contribution in [2.24, 2.45) is 0 Å². The monoisotopic (exact) mass is 234 g/mol. The van der Waals surface area contributed by atoms with E-state index in [-0.39, 0.29) is 0 Å². The molecule has 1 aromatic rings. The van der Waals surface area contributed by atoms with E-state index in [9.17, 15) is 4.57 Å². The second-order valence-corrected chi connectivity index (χ2v) is 3.91. The van der Waals surface area contributed by atoms with Crippen molar-refractivity contribution in [3.8, 4) is 0 Å². The number of aryl methyl sites for hydroxylation is 1. The summed E-state index contributed by atoms with van der Waals surface area (Å²) in [5.74, 6) is 0. The molecule has 78 valence electrons. The Kier molecular flexibility index (Phi) is 8.70. The Hall–Kier alpha value is -0.530. The van der Waals surface area contributed by atoms with Crippen molar-refractivity contribution in [2.75, 3.05) is 6.16 Å². The minimum Gasteiger partial charge on any atom is -0.346 e. The van der Waals surface area contributed by atoms with Crippen molar-refractivity contribution in [1.29, 1.82) is 0 Å². The first-order chi connectivity index (χ1) is 6.70. The molecule has 0 aliphatic rings. The third-order valence-corrected chi connectivity index (χ3v) is 2.15. The van der Waals surface area contributed by atoms with Gasteiger partial charge in [0.15, 0.2) is 8.03 Å². The van der Waals surface area contributed by atoms with E-state index in [2.05, 4.69) is 0 Å². The lowest BCUT2D eigenvalue weighted by atomic mass is 10.2. The van der Waals surface area contributed by atoms with Crippen LogP contribution in [0.5, 0.6) is 0 Å². The highest BCUT2D eigenvalue weighted by atomic mass is 31.1. The molecule has 6 heteroatoms. The first-order valence-corrected chi connectivity index (χ1v) is 6.26. The van der Waals surface area contributed by atoms with Gasteiger partial charge < -0.3 is 9.79 Å². The summed E-state index contributed by atoms with van der Waals surface area (Å²) < 4.78 is 18.8. The number of benzene rings is 1. The Bertz CT molecular complexity index is 276. The summed E-state index contributed by atoms with van der Waals surface area (Å²) in [4.78, 5) is 15.5. The minimum atomic E-state index is -2.28. The van der Waals surface area contributed by atoms with Gasteiger partial charge in [0.25, 0.3) is 0 Å². The standard InChI is InChI=1S/C8H11O2P.HO2P/c9-11(10)7-6-8-4-2-1-3-5-8;1-3-2/h1-5,11H,6-7H2,(H,9,10);(H,1,2). The highest BCUT2D eigenvalue weighted by molar-refractivity contribution is 7.37. The molecule has 0 aliphatic heterocycles. The molecule has 1 aromatic carbocycles. The van der Waals surface area contributed by atoms with E-state index in [4.69, 9.17) is 14.4 Å². The van der Waals surface area contributed by atoms with Crippen LogP contribution in [0.1, 0.15) is 5.56 Å². The van der Waals surface area contributed by atoms with Crippen LogP contribution < -0.4 is 0 Å². The zero-order valence-corrected chi connectivity index (χ0v) is 9.35. The van der Waals surface area contributed by atoms with Crippen molar-refractivity contribution in [1.82, 2.24) is 0 Å². The van der Waals surface area contributed by atoms with Crippen molar-refractivity contribution >= 4 is 16.7 Å². The molecule has 0 aromatic heterocycles. The SMILES string of the molecule is O=PO.O=[PH](O)CCc1ccccc1. The summed E-state index contributed by atoms with van der Waals surface area (Å²) in [5.41, 5.74) is 1.12. The van der Waals surface area contributed by atoms with E-state index in [0.29, 0.717) is 12.6 Å². The summed E-state index contributed by atoms with van der Waals surface area (Å²) in [5, 5.41) is 0. The van der Waals surface area contributed by atoms with Crippen LogP contribution in [-0.4, -0.2) is 15.9 Å². The molecule has 0 radical (unpaired) electrons. The Balaban J connectivity index is 0.000000500. The van der Waals surface area contributed by atoms with Gasteiger partial charge in [0.2, 0.25) is 0 Å². The van der Waals surface area contributed by atoms with Gasteiger partial charge in [-0.25, -0.2) is 4.57 Å². The van der Waals surface area contributed by atoms with Gasteiger partial charge in [0.1, 0.15) is 0 Å². The summed E-state index contributed by atoms with van der Waals surface area (Å²) in [7, 11) is -3.12. The maximum absolute atomic E-state index is 10.4. The van der Waals surface area contributed by atoms with E-state index in [1.165, 1.54) is 0 Å². The Morgan fingerprint density at radius 1 is 1.29 bits per heavy atom. The molecule has 2 N–H and O–H groups in total. The maximum atomic E-state index is 10.4. The fourth-order valence-electron chi connectivity index (χ4n) is 0.896. The predicted octanol–water partition coefficient (Wildman–Crippen LogP) is 1.88. The lowest BCUT2D eigenvalue weighted by Crippen LogP contribution is -1.86. The second kappa shape index (κ2) is 9.04. The zero-order chi connectivity index (χ0) is 10.8. The predicted molar refractivity (Wildman–Crippen MR) is 56.1 cm³/mol. The Morgan fingerprint density at radius 2 is 1.79 bits per heavy atom. The first kappa shape index (κ1) is 13.5. The highest BCUT2D eigenvalue weighted by Gasteiger charge is 1.94. The molecule has 4 nitrogen and oxygen atoms in total. The molecule has 1 rings (SSSR count). The van der Waals surface area contributed by atoms with Gasteiger partial charge in [-0.2, -0.15) is 0 Å². The molecule has 0 aliphatic carbocycles. The number of hydrogen-bond acceptors (Lipinski definition) is 2. The Morgan fingerprint density at radius 3 is 2.21 bits per heavy atom. The Labute approximate surface area is 84.8 Å². The molecule has 0 amide bonds. The van der Waals surface area contributed by atoms with Crippen LogP contribution in [0, 0.1) is 0 Å². The molecular formula is C8H12O4P2. The van der Waals surface area contributed by atoms with Crippen LogP contribution in [0.15, 0.2) is 30.3 Å². The molecule has 0 saturated heterocycles. The average molecular weight is 234 g/mol. The summed E-state index contributed by atoms with van der Waals surface area (Å²) in [6.07, 6.45) is 1.10. The normalized spacial score (nSPS) is 11.6. The van der Waals surface area contributed by atoms with Crippen LogP contribution in [0.3, 0.4) is 0 Å². The molecule has 1 atom stereocenters. The van der Waals surface area contributed by atoms with Crippen LogP contribution >= 0.6 is 16.7 Å². The third kappa shape index (κ3) is 8.09. The van der Waals surface area contributed by atoms with Gasteiger partial charge in [0.05, 0.1) is 0 Å². The fraction of sp³-hybridized carbons (Fsp3) is 0.250. The molecule has 1 unspecified atom stereocenters. The van der Waals surface area contributed by atoms with E-state index in [1.54, 1.807) is 0 Å². The molecule has 0 saturated carbocycles. The van der Waals surface area contributed by atoms with Gasteiger partial charge in [-0.1, -0.05) is 30.3 Å². The lowest BCUT2D eigenvalue weighted by molar-refractivity contribution is 0.502. The largest absolute Gasteiger partial charge is 0.346 e. The quantitative estimate of drug-likeness (QED) is 0.783. The maximum Gasteiger partial charge on any atom is 0.324 e. The molecular weight excluding hydrogens is 222 g/mol. The second-order valence-electron chi connectivity index (χ2n) is 2.46. The third-order valence-electron chi connectivity index (χ3n) is 1.47. The summed E-state index contributed by atoms with van der Waals surface area (Å²) in [6.45, 7) is 0. The van der Waals surface area contributed by atoms with Crippen molar-refractivity contribution in [3.05, 3.63) is 35.9 Å². The van der Waals surface area contributed by atoms with Crippen LogP contribution in [0.4, 0.5) is 0 Å². The zero-order valence-electron chi connectivity index (χ0n) is 7.46. The first-order valence-electron chi connectivity index (χ1n) is 3.93. The molecule has 0 bridgehead atoms. The van der Waals surface area contributed by atoms with E-state index < -0.39 is 16.7 Å². The summed E-state index contributed by atoms with van der Waals surface area (Å²) in [6, 6.07) is 9.73. The van der Waals surface area contributed by atoms with Crippen LogP contribution in [-0.2, 0) is 15.6 Å². The van der Waals surface area contributed by atoms with Crippen molar-refractivity contribution in [2.45, 2.75) is 6.42 Å². The highest BCUT2D eigenvalue weighted by Crippen LogP contribution is 2.14. The number of rotatable bonds is 3. The van der Waals surface area contributed by atoms with Gasteiger partial charge in [-0.3, -0.25) is 4.57 Å². The summed E-state index contributed by atoms with van der Waals surface area (Å²) >= 11 is 0. The molecule has 0 heterocycles. The van der Waals surface area contributed by atoms with Crippen molar-refractivity contribution in [3.63, 3.8) is 0 Å². The van der Waals surface area contributed by atoms with Gasteiger partial charge in [-0.15, -0.1) is 0 Å². The van der Waals surface area contributed by atoms with Crippen LogP contribution in [0.25, 0.3) is 0 Å². The van der Waals surface area contributed by atoms with Gasteiger partial charge >= 0.3 is 8.69 Å². The minimum absolute atomic E-state index is 0.397. The topological polar surface area (TPSA) is 74.6 Å². The number of hydrogen-bond donors (Lipinski definition) is 2. The lowest BCUT2D eigenvalue weighted by Gasteiger charge is -1.96. The van der Waals surface area contributed by atoms with Crippen LogP contribution in [0.2, 0.25) is 0 Å². The van der Waals surface area contributed by atoms with Gasteiger partial charge in [-0.05, 0) is 12.0 Å².